The molecule has 2 aromatic carbocycles. The van der Waals surface area contributed by atoms with Crippen LogP contribution in [0.2, 0.25) is 0 Å². The van der Waals surface area contributed by atoms with Gasteiger partial charge in [0.1, 0.15) is 17.1 Å². The van der Waals surface area contributed by atoms with Crippen molar-refractivity contribution in [3.63, 3.8) is 0 Å². The van der Waals surface area contributed by atoms with Gasteiger partial charge in [-0.15, -0.1) is 0 Å². The second-order valence-corrected chi connectivity index (χ2v) is 5.15. The number of aryl methyl sites for hydroxylation is 1. The number of para-hydroxylation sites is 1. The fourth-order valence-electron chi connectivity index (χ4n) is 2.01. The highest BCUT2D eigenvalue weighted by molar-refractivity contribution is 6.05. The van der Waals surface area contributed by atoms with Crippen molar-refractivity contribution in [3.8, 4) is 11.5 Å². The molecule has 7 nitrogen and oxygen atoms in total. The highest BCUT2D eigenvalue weighted by Crippen LogP contribution is 2.21. The largest absolute Gasteiger partial charge is 0.507 e. The number of carbonyl (C=O) groups excluding carboxylic acids is 3. The average molecular weight is 343 g/mol. The molecule has 0 aliphatic heterocycles. The summed E-state index contributed by atoms with van der Waals surface area (Å²) in [6, 6.07) is 10.8. The molecular formula is C18H17NO6. The van der Waals surface area contributed by atoms with Crippen LogP contribution in [0.5, 0.6) is 11.5 Å². The Kier molecular flexibility index (Phi) is 5.73. The third-order valence-corrected chi connectivity index (χ3v) is 3.40. The number of nitrogens with one attached hydrogen (secondary N) is 1. The molecule has 0 atom stereocenters. The number of phenolic OH excluding ortho intramolecular Hbond substituents is 1. The predicted molar refractivity (Wildman–Crippen MR) is 88.6 cm³/mol. The van der Waals surface area contributed by atoms with Crippen molar-refractivity contribution < 1.29 is 29.0 Å². The number of carbonyl (C=O) groups is 3. The quantitative estimate of drug-likeness (QED) is 0.803. The maximum absolute atomic E-state index is 11.9. The minimum absolute atomic E-state index is 0.0470. The number of esters is 1. The molecule has 0 radical (unpaired) electrons. The zero-order valence-corrected chi connectivity index (χ0v) is 13.7. The van der Waals surface area contributed by atoms with Gasteiger partial charge in [-0.05, 0) is 42.8 Å². The minimum Gasteiger partial charge on any atom is -0.507 e. The molecule has 0 bridgehead atoms. The molecule has 25 heavy (non-hydrogen) atoms. The molecule has 0 aliphatic rings. The van der Waals surface area contributed by atoms with Crippen LogP contribution in [-0.4, -0.2) is 36.6 Å². The molecule has 0 unspecified atom stereocenters. The molecule has 0 saturated heterocycles. The van der Waals surface area contributed by atoms with Gasteiger partial charge in [0.25, 0.3) is 11.8 Å². The van der Waals surface area contributed by atoms with E-state index >= 15 is 0 Å². The summed E-state index contributed by atoms with van der Waals surface area (Å²) in [6.45, 7) is 0.987. The van der Waals surface area contributed by atoms with Gasteiger partial charge in [0, 0.05) is 5.56 Å². The second kappa shape index (κ2) is 7.96. The Balaban J connectivity index is 1.90. The number of ether oxygens (including phenoxy) is 2. The third kappa shape index (κ3) is 4.57. The summed E-state index contributed by atoms with van der Waals surface area (Å²) < 4.78 is 9.79. The van der Waals surface area contributed by atoms with E-state index in [2.05, 4.69) is 5.32 Å². The number of phenols is 1. The van der Waals surface area contributed by atoms with E-state index in [1.165, 1.54) is 25.3 Å². The SMILES string of the molecule is COc1ccc(C(=O)NC(=O)COC(=O)c2cccc(C)c2O)cc1. The Hall–Kier alpha value is -3.35. The monoisotopic (exact) mass is 343 g/mol. The van der Waals surface area contributed by atoms with E-state index in [4.69, 9.17) is 9.47 Å². The summed E-state index contributed by atoms with van der Waals surface area (Å²) in [5.74, 6) is -1.88. The fourth-order valence-corrected chi connectivity index (χ4v) is 2.01. The fraction of sp³-hybridized carbons (Fsp3) is 0.167. The van der Waals surface area contributed by atoms with Crippen molar-refractivity contribution in [1.29, 1.82) is 0 Å². The molecule has 130 valence electrons. The van der Waals surface area contributed by atoms with Gasteiger partial charge < -0.3 is 14.6 Å². The van der Waals surface area contributed by atoms with Gasteiger partial charge in [-0.3, -0.25) is 14.9 Å². The second-order valence-electron chi connectivity index (χ2n) is 5.15. The van der Waals surface area contributed by atoms with Gasteiger partial charge in [0.05, 0.1) is 7.11 Å². The Labute approximate surface area is 144 Å². The number of hydrogen-bond donors (Lipinski definition) is 2. The van der Waals surface area contributed by atoms with Crippen LogP contribution in [0.3, 0.4) is 0 Å². The van der Waals surface area contributed by atoms with Crippen LogP contribution in [0.4, 0.5) is 0 Å². The average Bonchev–Trinajstić information content (AvgIpc) is 2.62. The van der Waals surface area contributed by atoms with E-state index < -0.39 is 24.4 Å². The van der Waals surface area contributed by atoms with Crippen LogP contribution < -0.4 is 10.1 Å². The van der Waals surface area contributed by atoms with Crippen molar-refractivity contribution >= 4 is 17.8 Å². The first-order valence-corrected chi connectivity index (χ1v) is 7.36. The Morgan fingerprint density at radius 3 is 2.40 bits per heavy atom. The predicted octanol–water partition coefficient (Wildman–Crippen LogP) is 1.82. The van der Waals surface area contributed by atoms with E-state index in [9.17, 15) is 19.5 Å². The van der Waals surface area contributed by atoms with E-state index in [0.717, 1.165) is 0 Å². The van der Waals surface area contributed by atoms with Crippen LogP contribution >= 0.6 is 0 Å². The number of benzene rings is 2. The van der Waals surface area contributed by atoms with E-state index in [-0.39, 0.29) is 16.9 Å². The highest BCUT2D eigenvalue weighted by atomic mass is 16.5. The van der Waals surface area contributed by atoms with Crippen LogP contribution in [0.15, 0.2) is 42.5 Å². The number of methoxy groups -OCH3 is 1. The normalized spacial score (nSPS) is 10.0. The number of amides is 2. The summed E-state index contributed by atoms with van der Waals surface area (Å²) in [4.78, 5) is 35.5. The van der Waals surface area contributed by atoms with Crippen LogP contribution in [0.1, 0.15) is 26.3 Å². The molecular weight excluding hydrogens is 326 g/mol. The van der Waals surface area contributed by atoms with Gasteiger partial charge in [0.15, 0.2) is 6.61 Å². The summed E-state index contributed by atoms with van der Waals surface area (Å²) in [7, 11) is 1.50. The molecule has 0 fully saturated rings. The van der Waals surface area contributed by atoms with Gasteiger partial charge in [-0.25, -0.2) is 4.79 Å². The molecule has 2 N–H and O–H groups in total. The summed E-state index contributed by atoms with van der Waals surface area (Å²) in [5.41, 5.74) is 0.722. The lowest BCUT2D eigenvalue weighted by Crippen LogP contribution is -2.34. The minimum atomic E-state index is -0.853. The molecule has 0 heterocycles. The number of rotatable bonds is 5. The molecule has 0 aromatic heterocycles. The van der Waals surface area contributed by atoms with Crippen LogP contribution in [0, 0.1) is 6.92 Å². The van der Waals surface area contributed by atoms with Gasteiger partial charge in [0.2, 0.25) is 0 Å². The zero-order chi connectivity index (χ0) is 18.4. The van der Waals surface area contributed by atoms with Crippen molar-refractivity contribution in [1.82, 2.24) is 5.32 Å². The lowest BCUT2D eigenvalue weighted by atomic mass is 10.1. The first-order valence-electron chi connectivity index (χ1n) is 7.36. The number of hydrogen-bond acceptors (Lipinski definition) is 6. The maximum Gasteiger partial charge on any atom is 0.342 e. The smallest absolute Gasteiger partial charge is 0.342 e. The van der Waals surface area contributed by atoms with Gasteiger partial charge >= 0.3 is 5.97 Å². The van der Waals surface area contributed by atoms with E-state index in [1.807, 2.05) is 0 Å². The Morgan fingerprint density at radius 2 is 1.76 bits per heavy atom. The molecule has 0 spiro atoms. The Bertz CT molecular complexity index is 798. The first-order chi connectivity index (χ1) is 11.9. The lowest BCUT2D eigenvalue weighted by Gasteiger charge is -2.08. The number of imide groups is 1. The van der Waals surface area contributed by atoms with Crippen molar-refractivity contribution in [3.05, 3.63) is 59.2 Å². The standard InChI is InChI=1S/C18H17NO6/c1-11-4-3-5-14(16(11)21)18(23)25-10-15(20)19-17(22)12-6-8-13(24-2)9-7-12/h3-9,21H,10H2,1-2H3,(H,19,20,22). The summed E-state index contributed by atoms with van der Waals surface area (Å²) in [6.07, 6.45) is 0. The topological polar surface area (TPSA) is 102 Å². The molecule has 2 rings (SSSR count). The highest BCUT2D eigenvalue weighted by Gasteiger charge is 2.17. The van der Waals surface area contributed by atoms with Crippen molar-refractivity contribution in [2.45, 2.75) is 6.92 Å². The lowest BCUT2D eigenvalue weighted by molar-refractivity contribution is -0.123. The third-order valence-electron chi connectivity index (χ3n) is 3.40. The van der Waals surface area contributed by atoms with E-state index in [0.29, 0.717) is 11.3 Å². The van der Waals surface area contributed by atoms with Gasteiger partial charge in [-0.1, -0.05) is 12.1 Å². The molecule has 0 saturated carbocycles. The van der Waals surface area contributed by atoms with Gasteiger partial charge in [-0.2, -0.15) is 0 Å². The van der Waals surface area contributed by atoms with Crippen molar-refractivity contribution in [2.24, 2.45) is 0 Å². The molecule has 7 heteroatoms. The number of aromatic hydroxyl groups is 1. The summed E-state index contributed by atoms with van der Waals surface area (Å²) >= 11 is 0. The maximum atomic E-state index is 11.9. The Morgan fingerprint density at radius 1 is 1.08 bits per heavy atom. The summed E-state index contributed by atoms with van der Waals surface area (Å²) in [5, 5.41) is 11.9. The van der Waals surface area contributed by atoms with Crippen LogP contribution in [0.25, 0.3) is 0 Å². The zero-order valence-electron chi connectivity index (χ0n) is 13.7. The first kappa shape index (κ1) is 18.0. The molecule has 0 aliphatic carbocycles. The molecule has 2 amide bonds. The molecule has 2 aromatic rings. The van der Waals surface area contributed by atoms with E-state index in [1.54, 1.807) is 31.2 Å². The van der Waals surface area contributed by atoms with Crippen molar-refractivity contribution in [2.75, 3.05) is 13.7 Å². The van der Waals surface area contributed by atoms with Crippen LogP contribution in [-0.2, 0) is 9.53 Å².